The lowest BCUT2D eigenvalue weighted by Gasteiger charge is -2.32. The Morgan fingerprint density at radius 1 is 1.39 bits per heavy atom. The van der Waals surface area contributed by atoms with Gasteiger partial charge in [-0.25, -0.2) is 4.98 Å². The minimum absolute atomic E-state index is 0. The van der Waals surface area contributed by atoms with E-state index < -0.39 is 0 Å². The van der Waals surface area contributed by atoms with Crippen LogP contribution < -0.4 is 10.6 Å². The second-order valence-corrected chi connectivity index (χ2v) is 8.54. The molecular formula is C17H30ClN3OS. The summed E-state index contributed by atoms with van der Waals surface area (Å²) in [7, 11) is 0. The summed E-state index contributed by atoms with van der Waals surface area (Å²) in [4.78, 5) is 4.80. The quantitative estimate of drug-likeness (QED) is 0.867. The van der Waals surface area contributed by atoms with Crippen molar-refractivity contribution in [2.24, 2.45) is 5.92 Å². The average molecular weight is 360 g/mol. The van der Waals surface area contributed by atoms with Crippen LogP contribution in [0.25, 0.3) is 0 Å². The van der Waals surface area contributed by atoms with E-state index in [4.69, 9.17) is 9.72 Å². The molecule has 3 atom stereocenters. The first kappa shape index (κ1) is 19.1. The molecule has 1 saturated heterocycles. The lowest BCUT2D eigenvalue weighted by atomic mass is 9.93. The van der Waals surface area contributed by atoms with Gasteiger partial charge in [-0.3, -0.25) is 0 Å². The van der Waals surface area contributed by atoms with Crippen molar-refractivity contribution in [1.82, 2.24) is 15.6 Å². The predicted molar refractivity (Wildman–Crippen MR) is 98.6 cm³/mol. The first-order valence-corrected chi connectivity index (χ1v) is 9.41. The monoisotopic (exact) mass is 359 g/mol. The summed E-state index contributed by atoms with van der Waals surface area (Å²) < 4.78 is 5.65. The molecule has 1 aliphatic carbocycles. The second-order valence-electron chi connectivity index (χ2n) is 7.59. The van der Waals surface area contributed by atoms with Gasteiger partial charge in [0.2, 0.25) is 0 Å². The molecule has 2 fully saturated rings. The first-order valence-electron chi connectivity index (χ1n) is 8.53. The number of rotatable bonds is 4. The molecule has 3 rings (SSSR count). The summed E-state index contributed by atoms with van der Waals surface area (Å²) in [5.41, 5.74) is 1.35. The van der Waals surface area contributed by atoms with Crippen LogP contribution >= 0.6 is 23.7 Å². The Bertz CT molecular complexity index is 482. The standard InChI is InChI=1S/C17H29N3OS.ClH/c1-17(2,3)15-11-22-16(20-15)9-19-13-6-4-5-12(13)14-10-21-8-7-18-14;/h11-14,18-19H,4-10H2,1-3H3;1H. The first-order chi connectivity index (χ1) is 10.5. The maximum Gasteiger partial charge on any atom is 0.107 e. The molecule has 4 nitrogen and oxygen atoms in total. The molecule has 0 amide bonds. The van der Waals surface area contributed by atoms with Crippen molar-refractivity contribution >= 4 is 23.7 Å². The van der Waals surface area contributed by atoms with Crippen LogP contribution in [-0.4, -0.2) is 36.8 Å². The Morgan fingerprint density at radius 3 is 2.87 bits per heavy atom. The number of hydrogen-bond donors (Lipinski definition) is 2. The molecule has 132 valence electrons. The van der Waals surface area contributed by atoms with Crippen LogP contribution in [0.4, 0.5) is 0 Å². The van der Waals surface area contributed by atoms with Gasteiger partial charge >= 0.3 is 0 Å². The third-order valence-corrected chi connectivity index (χ3v) is 5.72. The second kappa shape index (κ2) is 8.26. The van der Waals surface area contributed by atoms with Crippen LogP contribution in [0.5, 0.6) is 0 Å². The number of nitrogens with one attached hydrogen (secondary N) is 2. The molecule has 6 heteroatoms. The minimum atomic E-state index is 0. The van der Waals surface area contributed by atoms with Crippen molar-refractivity contribution in [1.29, 1.82) is 0 Å². The van der Waals surface area contributed by atoms with Crippen molar-refractivity contribution in [3.8, 4) is 0 Å². The smallest absolute Gasteiger partial charge is 0.107 e. The van der Waals surface area contributed by atoms with E-state index >= 15 is 0 Å². The summed E-state index contributed by atoms with van der Waals surface area (Å²) in [6.07, 6.45) is 3.91. The zero-order chi connectivity index (χ0) is 15.6. The fourth-order valence-electron chi connectivity index (χ4n) is 3.54. The fourth-order valence-corrected chi connectivity index (χ4v) is 4.51. The Kier molecular flexibility index (Phi) is 6.87. The van der Waals surface area contributed by atoms with E-state index in [0.717, 1.165) is 26.3 Å². The molecule has 0 radical (unpaired) electrons. The van der Waals surface area contributed by atoms with Crippen LogP contribution in [0, 0.1) is 5.92 Å². The third-order valence-electron chi connectivity index (χ3n) is 4.87. The highest BCUT2D eigenvalue weighted by Crippen LogP contribution is 2.30. The summed E-state index contributed by atoms with van der Waals surface area (Å²) in [5, 5.41) is 10.8. The summed E-state index contributed by atoms with van der Waals surface area (Å²) in [6.45, 7) is 10.3. The van der Waals surface area contributed by atoms with Gasteiger partial charge in [0.1, 0.15) is 5.01 Å². The molecule has 1 aromatic heterocycles. The number of halogens is 1. The molecule has 2 heterocycles. The van der Waals surface area contributed by atoms with Gasteiger partial charge in [0.05, 0.1) is 18.9 Å². The van der Waals surface area contributed by atoms with Gasteiger partial charge in [0.15, 0.2) is 0 Å². The van der Waals surface area contributed by atoms with E-state index in [9.17, 15) is 0 Å². The number of thiazole rings is 1. The Hall–Kier alpha value is -0.200. The van der Waals surface area contributed by atoms with Crippen molar-refractivity contribution in [2.45, 2.75) is 64.1 Å². The van der Waals surface area contributed by atoms with Crippen LogP contribution in [0.3, 0.4) is 0 Å². The SMILES string of the molecule is CC(C)(C)c1csc(CNC2CCCC2C2COCCN2)n1.Cl. The summed E-state index contributed by atoms with van der Waals surface area (Å²) >= 11 is 1.78. The number of hydrogen-bond acceptors (Lipinski definition) is 5. The Balaban J connectivity index is 0.00000192. The molecule has 1 saturated carbocycles. The molecule has 0 bridgehead atoms. The minimum Gasteiger partial charge on any atom is -0.379 e. The molecule has 0 aromatic carbocycles. The largest absolute Gasteiger partial charge is 0.379 e. The van der Waals surface area contributed by atoms with Crippen LogP contribution in [-0.2, 0) is 16.7 Å². The molecule has 1 aliphatic heterocycles. The molecule has 2 N–H and O–H groups in total. The van der Waals surface area contributed by atoms with Crippen molar-refractivity contribution in [3.05, 3.63) is 16.1 Å². The highest BCUT2D eigenvalue weighted by Gasteiger charge is 2.34. The number of morpholine rings is 1. The molecule has 1 aromatic rings. The maximum absolute atomic E-state index is 5.65. The van der Waals surface area contributed by atoms with Gasteiger partial charge in [0, 0.05) is 36.0 Å². The van der Waals surface area contributed by atoms with Crippen molar-refractivity contribution < 1.29 is 4.74 Å². The van der Waals surface area contributed by atoms with Gasteiger partial charge in [-0.15, -0.1) is 23.7 Å². The Morgan fingerprint density at radius 2 is 2.22 bits per heavy atom. The molecule has 2 aliphatic rings. The molecule has 23 heavy (non-hydrogen) atoms. The molecular weight excluding hydrogens is 330 g/mol. The van der Waals surface area contributed by atoms with E-state index in [1.165, 1.54) is 30.0 Å². The van der Waals surface area contributed by atoms with E-state index in [0.29, 0.717) is 18.0 Å². The van der Waals surface area contributed by atoms with Crippen LogP contribution in [0.1, 0.15) is 50.7 Å². The van der Waals surface area contributed by atoms with Gasteiger partial charge in [0.25, 0.3) is 0 Å². The summed E-state index contributed by atoms with van der Waals surface area (Å²) in [6, 6.07) is 1.12. The lowest BCUT2D eigenvalue weighted by Crippen LogP contribution is -2.50. The normalized spacial score (nSPS) is 28.6. The zero-order valence-corrected chi connectivity index (χ0v) is 16.1. The average Bonchev–Trinajstić information content (AvgIpc) is 3.14. The Labute approximate surface area is 150 Å². The van der Waals surface area contributed by atoms with Crippen molar-refractivity contribution in [2.75, 3.05) is 19.8 Å². The van der Waals surface area contributed by atoms with Crippen LogP contribution in [0.2, 0.25) is 0 Å². The van der Waals surface area contributed by atoms with E-state index in [-0.39, 0.29) is 17.8 Å². The van der Waals surface area contributed by atoms with Crippen molar-refractivity contribution in [3.63, 3.8) is 0 Å². The number of ether oxygens (including phenoxy) is 1. The fraction of sp³-hybridized carbons (Fsp3) is 0.824. The van der Waals surface area contributed by atoms with Gasteiger partial charge in [-0.1, -0.05) is 27.2 Å². The summed E-state index contributed by atoms with van der Waals surface area (Å²) in [5.74, 6) is 0.697. The number of nitrogens with zero attached hydrogens (tertiary/aromatic N) is 1. The van der Waals surface area contributed by atoms with Gasteiger partial charge in [-0.2, -0.15) is 0 Å². The van der Waals surface area contributed by atoms with E-state index in [1.807, 2.05) is 0 Å². The molecule has 0 spiro atoms. The predicted octanol–water partition coefficient (Wildman–Crippen LogP) is 3.11. The van der Waals surface area contributed by atoms with E-state index in [1.54, 1.807) is 11.3 Å². The highest BCUT2D eigenvalue weighted by molar-refractivity contribution is 7.09. The lowest BCUT2D eigenvalue weighted by molar-refractivity contribution is 0.0524. The highest BCUT2D eigenvalue weighted by atomic mass is 35.5. The van der Waals surface area contributed by atoms with Crippen LogP contribution in [0.15, 0.2) is 5.38 Å². The maximum atomic E-state index is 5.65. The number of aromatic nitrogens is 1. The topological polar surface area (TPSA) is 46.2 Å². The zero-order valence-electron chi connectivity index (χ0n) is 14.4. The molecule has 3 unspecified atom stereocenters. The van der Waals surface area contributed by atoms with Gasteiger partial charge in [-0.05, 0) is 18.8 Å². The third kappa shape index (κ3) is 4.89. The van der Waals surface area contributed by atoms with Gasteiger partial charge < -0.3 is 15.4 Å². The van der Waals surface area contributed by atoms with E-state index in [2.05, 4.69) is 36.8 Å².